The minimum atomic E-state index is 0.431. The molecule has 0 aliphatic rings. The van der Waals surface area contributed by atoms with E-state index in [0.29, 0.717) is 11.0 Å². The highest BCUT2D eigenvalue weighted by atomic mass is 35.5. The quantitative estimate of drug-likeness (QED) is 0.420. The molecule has 134 valence electrons. The smallest absolute Gasteiger partial charge is 0.244 e. The van der Waals surface area contributed by atoms with Crippen molar-refractivity contribution >= 4 is 34.2 Å². The number of aryl methyl sites for hydroxylation is 1. The van der Waals surface area contributed by atoms with Crippen molar-refractivity contribution in [3.05, 3.63) is 71.5 Å². The van der Waals surface area contributed by atoms with Crippen LogP contribution in [0.2, 0.25) is 5.02 Å². The van der Waals surface area contributed by atoms with Gasteiger partial charge in [0.15, 0.2) is 0 Å². The molecule has 2 aromatic heterocycles. The number of nitrogens with zero attached hydrogens (tertiary/aromatic N) is 5. The summed E-state index contributed by atoms with van der Waals surface area (Å²) in [4.78, 5) is 9.26. The fraction of sp³-hybridized carbons (Fsp3) is 0.100. The topological polar surface area (TPSA) is 68.0 Å². The number of para-hydroxylation sites is 1. The van der Waals surface area contributed by atoms with Crippen LogP contribution >= 0.6 is 11.6 Å². The maximum atomic E-state index is 6.02. The Hall–Kier alpha value is -3.25. The van der Waals surface area contributed by atoms with Crippen molar-refractivity contribution in [1.29, 1.82) is 0 Å². The van der Waals surface area contributed by atoms with Crippen molar-refractivity contribution in [2.45, 2.75) is 6.92 Å². The molecule has 0 saturated heterocycles. The lowest BCUT2D eigenvalue weighted by Crippen LogP contribution is -2.07. The van der Waals surface area contributed by atoms with Gasteiger partial charge in [0.2, 0.25) is 5.95 Å². The van der Waals surface area contributed by atoms with Crippen LogP contribution in [0.5, 0.6) is 0 Å². The van der Waals surface area contributed by atoms with Crippen molar-refractivity contribution in [3.8, 4) is 11.3 Å². The molecule has 0 saturated carbocycles. The van der Waals surface area contributed by atoms with Crippen molar-refractivity contribution < 1.29 is 0 Å². The Bertz CT molecular complexity index is 1130. The van der Waals surface area contributed by atoms with E-state index in [1.165, 1.54) is 0 Å². The fourth-order valence-corrected chi connectivity index (χ4v) is 3.00. The largest absolute Gasteiger partial charge is 0.267 e. The van der Waals surface area contributed by atoms with Crippen LogP contribution in [0, 0.1) is 0 Å². The number of aromatic nitrogens is 4. The van der Waals surface area contributed by atoms with Gasteiger partial charge < -0.3 is 0 Å². The van der Waals surface area contributed by atoms with Crippen LogP contribution < -0.4 is 5.43 Å². The molecule has 0 fully saturated rings. The molecule has 4 aromatic rings. The van der Waals surface area contributed by atoms with E-state index in [1.807, 2.05) is 68.6 Å². The van der Waals surface area contributed by atoms with E-state index in [0.717, 1.165) is 33.6 Å². The third kappa shape index (κ3) is 3.52. The second-order valence-electron chi connectivity index (χ2n) is 6.07. The number of hydrogen-bond acceptors (Lipinski definition) is 5. The molecule has 7 heteroatoms. The second kappa shape index (κ2) is 7.17. The van der Waals surface area contributed by atoms with Crippen LogP contribution in [0.3, 0.4) is 0 Å². The van der Waals surface area contributed by atoms with Gasteiger partial charge in [-0.25, -0.2) is 15.4 Å². The van der Waals surface area contributed by atoms with E-state index in [4.69, 9.17) is 11.6 Å². The minimum Gasteiger partial charge on any atom is -0.267 e. The number of anilines is 1. The average Bonchev–Trinajstić information content (AvgIpc) is 3.12. The van der Waals surface area contributed by atoms with E-state index >= 15 is 0 Å². The SMILES string of the molecule is CC(=NNc1nc(-c2ccc(Cl)cc2)c2ccccc2n1)c1ccnn1C. The normalized spacial score (nSPS) is 11.7. The lowest BCUT2D eigenvalue weighted by atomic mass is 10.1. The molecule has 1 N–H and O–H groups in total. The van der Waals surface area contributed by atoms with Crippen LogP contribution in [0.4, 0.5) is 5.95 Å². The molecular formula is C20H17ClN6. The van der Waals surface area contributed by atoms with Gasteiger partial charge in [0.1, 0.15) is 0 Å². The van der Waals surface area contributed by atoms with Gasteiger partial charge in [-0.2, -0.15) is 10.2 Å². The maximum absolute atomic E-state index is 6.02. The zero-order valence-corrected chi connectivity index (χ0v) is 15.6. The summed E-state index contributed by atoms with van der Waals surface area (Å²) in [6, 6.07) is 17.4. The number of hydrazone groups is 1. The minimum absolute atomic E-state index is 0.431. The Labute approximate surface area is 161 Å². The van der Waals surface area contributed by atoms with E-state index in [2.05, 4.69) is 25.6 Å². The summed E-state index contributed by atoms with van der Waals surface area (Å²) in [7, 11) is 1.87. The monoisotopic (exact) mass is 376 g/mol. The Morgan fingerprint density at radius 2 is 1.81 bits per heavy atom. The van der Waals surface area contributed by atoms with Crippen LogP contribution in [0.25, 0.3) is 22.2 Å². The molecular weight excluding hydrogens is 360 g/mol. The predicted octanol–water partition coefficient (Wildman–Crippen LogP) is 4.52. The Kier molecular flexibility index (Phi) is 4.56. The molecule has 0 atom stereocenters. The highest BCUT2D eigenvalue weighted by molar-refractivity contribution is 6.30. The molecule has 0 unspecified atom stereocenters. The number of halogens is 1. The Morgan fingerprint density at radius 3 is 2.56 bits per heavy atom. The summed E-state index contributed by atoms with van der Waals surface area (Å²) in [6.45, 7) is 1.91. The number of benzene rings is 2. The number of rotatable bonds is 4. The van der Waals surface area contributed by atoms with Crippen molar-refractivity contribution in [1.82, 2.24) is 19.7 Å². The molecule has 0 bridgehead atoms. The summed E-state index contributed by atoms with van der Waals surface area (Å²) >= 11 is 6.02. The maximum Gasteiger partial charge on any atom is 0.244 e. The van der Waals surface area contributed by atoms with E-state index < -0.39 is 0 Å². The molecule has 4 rings (SSSR count). The van der Waals surface area contributed by atoms with Gasteiger partial charge in [-0.05, 0) is 31.2 Å². The van der Waals surface area contributed by atoms with Gasteiger partial charge >= 0.3 is 0 Å². The Morgan fingerprint density at radius 1 is 1.04 bits per heavy atom. The highest BCUT2D eigenvalue weighted by Gasteiger charge is 2.10. The van der Waals surface area contributed by atoms with Gasteiger partial charge in [0.25, 0.3) is 0 Å². The first kappa shape index (κ1) is 17.2. The zero-order chi connectivity index (χ0) is 18.8. The molecule has 27 heavy (non-hydrogen) atoms. The first-order chi connectivity index (χ1) is 13.1. The summed E-state index contributed by atoms with van der Waals surface area (Å²) < 4.78 is 1.76. The van der Waals surface area contributed by atoms with Gasteiger partial charge in [0, 0.05) is 29.2 Å². The third-order valence-corrected chi connectivity index (χ3v) is 4.49. The number of fused-ring (bicyclic) bond motifs is 1. The van der Waals surface area contributed by atoms with E-state index in [1.54, 1.807) is 10.9 Å². The fourth-order valence-electron chi connectivity index (χ4n) is 2.87. The summed E-state index contributed by atoms with van der Waals surface area (Å²) in [6.07, 6.45) is 1.74. The van der Waals surface area contributed by atoms with Crippen LogP contribution in [0.1, 0.15) is 12.6 Å². The van der Waals surface area contributed by atoms with Gasteiger partial charge in [-0.15, -0.1) is 0 Å². The van der Waals surface area contributed by atoms with Crippen molar-refractivity contribution in [2.75, 3.05) is 5.43 Å². The lowest BCUT2D eigenvalue weighted by molar-refractivity contribution is 0.759. The summed E-state index contributed by atoms with van der Waals surface area (Å²) in [5.41, 5.74) is 7.32. The molecule has 0 aliphatic heterocycles. The standard InChI is InChI=1S/C20H17ClN6/c1-13(18-11-12-22-27(18)2)25-26-20-23-17-6-4-3-5-16(17)19(24-20)14-7-9-15(21)10-8-14/h3-12H,1-2H3,(H,23,24,26). The van der Waals surface area contributed by atoms with Gasteiger partial charge in [-0.1, -0.05) is 41.9 Å². The second-order valence-corrected chi connectivity index (χ2v) is 6.51. The Balaban J connectivity index is 1.76. The molecule has 0 aliphatic carbocycles. The van der Waals surface area contributed by atoms with E-state index in [-0.39, 0.29) is 0 Å². The van der Waals surface area contributed by atoms with E-state index in [9.17, 15) is 0 Å². The summed E-state index contributed by atoms with van der Waals surface area (Å²) in [5, 5.41) is 10.2. The average molecular weight is 377 g/mol. The molecule has 2 aromatic carbocycles. The van der Waals surface area contributed by atoms with Gasteiger partial charge in [0.05, 0.1) is 22.6 Å². The van der Waals surface area contributed by atoms with Crippen molar-refractivity contribution in [3.63, 3.8) is 0 Å². The van der Waals surface area contributed by atoms with Crippen LogP contribution in [-0.2, 0) is 7.05 Å². The highest BCUT2D eigenvalue weighted by Crippen LogP contribution is 2.28. The number of hydrogen-bond donors (Lipinski definition) is 1. The predicted molar refractivity (Wildman–Crippen MR) is 109 cm³/mol. The van der Waals surface area contributed by atoms with Gasteiger partial charge in [-0.3, -0.25) is 4.68 Å². The van der Waals surface area contributed by atoms with Crippen LogP contribution in [-0.4, -0.2) is 25.5 Å². The van der Waals surface area contributed by atoms with Crippen LogP contribution in [0.15, 0.2) is 65.9 Å². The molecule has 0 amide bonds. The number of nitrogens with one attached hydrogen (secondary N) is 1. The molecule has 2 heterocycles. The first-order valence-corrected chi connectivity index (χ1v) is 8.81. The molecule has 0 radical (unpaired) electrons. The lowest BCUT2D eigenvalue weighted by Gasteiger charge is -2.09. The zero-order valence-electron chi connectivity index (χ0n) is 14.9. The summed E-state index contributed by atoms with van der Waals surface area (Å²) in [5.74, 6) is 0.431. The third-order valence-electron chi connectivity index (χ3n) is 4.24. The van der Waals surface area contributed by atoms with Crippen molar-refractivity contribution in [2.24, 2.45) is 12.1 Å². The molecule has 6 nitrogen and oxygen atoms in total. The first-order valence-electron chi connectivity index (χ1n) is 8.43. The molecule has 0 spiro atoms.